The normalized spacial score (nSPS) is 36.2. The highest BCUT2D eigenvalue weighted by molar-refractivity contribution is 5.78. The highest BCUT2D eigenvalue weighted by Crippen LogP contribution is 2.26. The second-order valence-electron chi connectivity index (χ2n) is 6.01. The molecule has 18 heavy (non-hydrogen) atoms. The van der Waals surface area contributed by atoms with Crippen molar-refractivity contribution in [1.29, 1.82) is 0 Å². The first-order chi connectivity index (χ1) is 8.74. The van der Waals surface area contributed by atoms with Crippen molar-refractivity contribution in [2.45, 2.75) is 57.2 Å². The zero-order valence-corrected chi connectivity index (χ0v) is 11.3. The summed E-state index contributed by atoms with van der Waals surface area (Å²) in [4.78, 5) is 16.7. The molecule has 2 saturated heterocycles. The molecule has 1 saturated carbocycles. The molecule has 4 heteroatoms. The molecule has 0 aromatic carbocycles. The van der Waals surface area contributed by atoms with Crippen LogP contribution >= 0.6 is 0 Å². The highest BCUT2D eigenvalue weighted by Gasteiger charge is 2.38. The number of cyclic esters (lactones) is 1. The Balaban J connectivity index is 1.52. The number of esters is 1. The van der Waals surface area contributed by atoms with Gasteiger partial charge in [0.05, 0.1) is 0 Å². The molecule has 1 aliphatic carbocycles. The maximum absolute atomic E-state index is 11.7. The third kappa shape index (κ3) is 2.41. The molecule has 0 bridgehead atoms. The van der Waals surface area contributed by atoms with Gasteiger partial charge in [0.25, 0.3) is 0 Å². The topological polar surface area (TPSA) is 32.8 Å². The Labute approximate surface area is 109 Å². The van der Waals surface area contributed by atoms with Crippen molar-refractivity contribution in [1.82, 2.24) is 9.80 Å². The molecule has 3 fully saturated rings. The van der Waals surface area contributed by atoms with Gasteiger partial charge in [-0.25, -0.2) is 0 Å². The third-order valence-corrected chi connectivity index (χ3v) is 4.78. The van der Waals surface area contributed by atoms with Gasteiger partial charge >= 0.3 is 5.97 Å². The summed E-state index contributed by atoms with van der Waals surface area (Å²) in [7, 11) is 0. The van der Waals surface area contributed by atoms with Crippen LogP contribution in [0.25, 0.3) is 0 Å². The highest BCUT2D eigenvalue weighted by atomic mass is 16.6. The summed E-state index contributed by atoms with van der Waals surface area (Å²) in [5.74, 6) is -0.00295. The molecule has 2 heterocycles. The number of hydrogen-bond donors (Lipinski definition) is 0. The van der Waals surface area contributed by atoms with Gasteiger partial charge in [0, 0.05) is 38.6 Å². The summed E-state index contributed by atoms with van der Waals surface area (Å²) in [6.45, 7) is 6.31. The number of carbonyl (C=O) groups excluding carboxylic acids is 1. The second-order valence-corrected chi connectivity index (χ2v) is 6.01. The van der Waals surface area contributed by atoms with Gasteiger partial charge in [-0.3, -0.25) is 14.6 Å². The van der Waals surface area contributed by atoms with Gasteiger partial charge in [0.1, 0.15) is 12.1 Å². The van der Waals surface area contributed by atoms with Gasteiger partial charge < -0.3 is 4.74 Å². The van der Waals surface area contributed by atoms with Gasteiger partial charge in [-0.1, -0.05) is 12.8 Å². The van der Waals surface area contributed by atoms with Crippen LogP contribution in [0, 0.1) is 0 Å². The van der Waals surface area contributed by atoms with Crippen molar-refractivity contribution < 1.29 is 9.53 Å². The molecule has 3 aliphatic rings. The van der Waals surface area contributed by atoms with E-state index in [0.29, 0.717) is 0 Å². The lowest BCUT2D eigenvalue weighted by molar-refractivity contribution is -0.145. The maximum atomic E-state index is 11.7. The van der Waals surface area contributed by atoms with Crippen molar-refractivity contribution in [2.75, 3.05) is 26.2 Å². The Bertz CT molecular complexity index is 307. The number of ether oxygens (including phenoxy) is 1. The van der Waals surface area contributed by atoms with E-state index in [1.165, 1.54) is 25.7 Å². The minimum absolute atomic E-state index is 0.00295. The first kappa shape index (κ1) is 12.4. The van der Waals surface area contributed by atoms with E-state index in [1.807, 2.05) is 6.92 Å². The zero-order valence-electron chi connectivity index (χ0n) is 11.3. The van der Waals surface area contributed by atoms with Crippen LogP contribution in [0.4, 0.5) is 0 Å². The standard InChI is InChI=1S/C14H24N2O2/c1-11-10-13(14(17)18-11)16-8-6-15(7-9-16)12-4-2-3-5-12/h11-13H,2-10H2,1H3. The van der Waals surface area contributed by atoms with Gasteiger partial charge in [-0.05, 0) is 19.8 Å². The van der Waals surface area contributed by atoms with E-state index in [4.69, 9.17) is 4.74 Å². The number of carbonyl (C=O) groups is 1. The van der Waals surface area contributed by atoms with Crippen molar-refractivity contribution in [2.24, 2.45) is 0 Å². The van der Waals surface area contributed by atoms with Crippen molar-refractivity contribution in [3.8, 4) is 0 Å². The fourth-order valence-corrected chi connectivity index (χ4v) is 3.72. The summed E-state index contributed by atoms with van der Waals surface area (Å²) in [5.41, 5.74) is 0. The predicted octanol–water partition coefficient (Wildman–Crippen LogP) is 1.25. The molecular formula is C14H24N2O2. The fourth-order valence-electron chi connectivity index (χ4n) is 3.72. The second kappa shape index (κ2) is 5.17. The van der Waals surface area contributed by atoms with E-state index in [1.54, 1.807) is 0 Å². The zero-order chi connectivity index (χ0) is 12.5. The summed E-state index contributed by atoms with van der Waals surface area (Å²) in [6.07, 6.45) is 6.54. The summed E-state index contributed by atoms with van der Waals surface area (Å²) in [6, 6.07) is 0.854. The third-order valence-electron chi connectivity index (χ3n) is 4.78. The maximum Gasteiger partial charge on any atom is 0.323 e. The molecule has 0 amide bonds. The van der Waals surface area contributed by atoms with E-state index in [2.05, 4.69) is 9.80 Å². The minimum Gasteiger partial charge on any atom is -0.461 e. The molecule has 2 aliphatic heterocycles. The molecule has 0 N–H and O–H groups in total. The number of hydrogen-bond acceptors (Lipinski definition) is 4. The smallest absolute Gasteiger partial charge is 0.323 e. The molecule has 2 unspecified atom stereocenters. The van der Waals surface area contributed by atoms with E-state index < -0.39 is 0 Å². The predicted molar refractivity (Wildman–Crippen MR) is 69.4 cm³/mol. The van der Waals surface area contributed by atoms with E-state index in [0.717, 1.165) is 38.6 Å². The fraction of sp³-hybridized carbons (Fsp3) is 0.929. The number of nitrogens with zero attached hydrogens (tertiary/aromatic N) is 2. The molecular weight excluding hydrogens is 228 g/mol. The molecule has 4 nitrogen and oxygen atoms in total. The van der Waals surface area contributed by atoms with Crippen molar-refractivity contribution >= 4 is 5.97 Å². The van der Waals surface area contributed by atoms with Gasteiger partial charge in [-0.2, -0.15) is 0 Å². The summed E-state index contributed by atoms with van der Waals surface area (Å²) < 4.78 is 5.26. The Hall–Kier alpha value is -0.610. The summed E-state index contributed by atoms with van der Waals surface area (Å²) >= 11 is 0. The Kier molecular flexibility index (Phi) is 3.57. The molecule has 0 aromatic heterocycles. The lowest BCUT2D eigenvalue weighted by Crippen LogP contribution is -2.53. The number of piperazine rings is 1. The Morgan fingerprint density at radius 1 is 1.06 bits per heavy atom. The van der Waals surface area contributed by atoms with Crippen LogP contribution in [0.5, 0.6) is 0 Å². The summed E-state index contributed by atoms with van der Waals surface area (Å²) in [5, 5.41) is 0. The van der Waals surface area contributed by atoms with Gasteiger partial charge in [0.2, 0.25) is 0 Å². The molecule has 0 spiro atoms. The van der Waals surface area contributed by atoms with Crippen LogP contribution in [0.3, 0.4) is 0 Å². The lowest BCUT2D eigenvalue weighted by Gasteiger charge is -2.39. The van der Waals surface area contributed by atoms with E-state index in [-0.39, 0.29) is 18.1 Å². The quantitative estimate of drug-likeness (QED) is 0.693. The van der Waals surface area contributed by atoms with Crippen molar-refractivity contribution in [3.63, 3.8) is 0 Å². The molecule has 0 aromatic rings. The van der Waals surface area contributed by atoms with Gasteiger partial charge in [0.15, 0.2) is 0 Å². The molecule has 2 atom stereocenters. The monoisotopic (exact) mass is 252 g/mol. The molecule has 3 rings (SSSR count). The first-order valence-electron chi connectivity index (χ1n) is 7.42. The van der Waals surface area contributed by atoms with Crippen LogP contribution in [-0.2, 0) is 9.53 Å². The largest absolute Gasteiger partial charge is 0.461 e. The Morgan fingerprint density at radius 2 is 1.67 bits per heavy atom. The van der Waals surface area contributed by atoms with Crippen molar-refractivity contribution in [3.05, 3.63) is 0 Å². The minimum atomic E-state index is -0.00295. The average molecular weight is 252 g/mol. The van der Waals surface area contributed by atoms with E-state index >= 15 is 0 Å². The number of rotatable bonds is 2. The average Bonchev–Trinajstić information content (AvgIpc) is 2.99. The van der Waals surface area contributed by atoms with Crippen LogP contribution in [-0.4, -0.2) is 60.1 Å². The first-order valence-corrected chi connectivity index (χ1v) is 7.42. The SMILES string of the molecule is CC1CC(N2CCN(C3CCCC3)CC2)C(=O)O1. The van der Waals surface area contributed by atoms with Crippen LogP contribution < -0.4 is 0 Å². The lowest BCUT2D eigenvalue weighted by atomic mass is 10.1. The van der Waals surface area contributed by atoms with Crippen LogP contribution in [0.15, 0.2) is 0 Å². The van der Waals surface area contributed by atoms with E-state index in [9.17, 15) is 4.79 Å². The molecule has 0 radical (unpaired) electrons. The Morgan fingerprint density at radius 3 is 2.22 bits per heavy atom. The van der Waals surface area contributed by atoms with Gasteiger partial charge in [-0.15, -0.1) is 0 Å². The van der Waals surface area contributed by atoms with Crippen LogP contribution in [0.2, 0.25) is 0 Å². The van der Waals surface area contributed by atoms with Crippen LogP contribution in [0.1, 0.15) is 39.0 Å². The molecule has 102 valence electrons.